The second kappa shape index (κ2) is 9.47. The number of rotatable bonds is 3. The van der Waals surface area contributed by atoms with Gasteiger partial charge in [0.1, 0.15) is 0 Å². The summed E-state index contributed by atoms with van der Waals surface area (Å²) >= 11 is 0. The molecule has 0 spiro atoms. The van der Waals surface area contributed by atoms with Crippen molar-refractivity contribution in [1.29, 1.82) is 0 Å². The highest BCUT2D eigenvalue weighted by Crippen LogP contribution is 2.42. The molecule has 1 unspecified atom stereocenters. The summed E-state index contributed by atoms with van der Waals surface area (Å²) in [4.78, 5) is 0. The normalized spacial score (nSPS) is 12.2. The van der Waals surface area contributed by atoms with Crippen molar-refractivity contribution in [3.8, 4) is 22.5 Å². The quantitative estimate of drug-likeness (QED) is 0.194. The second-order valence-corrected chi connectivity index (χ2v) is 13.2. The molecule has 7 aromatic carbocycles. The number of para-hydroxylation sites is 4. The minimum absolute atomic E-state index is 0.673. The van der Waals surface area contributed by atoms with Crippen molar-refractivity contribution >= 4 is 72.8 Å². The van der Waals surface area contributed by atoms with E-state index in [1.165, 1.54) is 87.1 Å². The maximum atomic E-state index is 2.42. The van der Waals surface area contributed by atoms with Crippen molar-refractivity contribution in [1.82, 2.24) is 9.13 Å². The van der Waals surface area contributed by atoms with Gasteiger partial charge in [-0.1, -0.05) is 91.0 Å². The van der Waals surface area contributed by atoms with Gasteiger partial charge in [-0.2, -0.15) is 0 Å². The van der Waals surface area contributed by atoms with Gasteiger partial charge in [-0.25, -0.2) is 0 Å². The fourth-order valence-electron chi connectivity index (χ4n) is 7.43. The minimum atomic E-state index is 0.673. The predicted molar refractivity (Wildman–Crippen MR) is 195 cm³/mol. The van der Waals surface area contributed by atoms with E-state index in [1.54, 1.807) is 0 Å². The van der Waals surface area contributed by atoms with Crippen LogP contribution in [0.2, 0.25) is 0 Å². The van der Waals surface area contributed by atoms with Crippen LogP contribution in [0.4, 0.5) is 0 Å². The molecule has 0 saturated heterocycles. The molecule has 0 fully saturated rings. The zero-order valence-electron chi connectivity index (χ0n) is 24.4. The molecule has 0 saturated carbocycles. The molecule has 10 rings (SSSR count). The van der Waals surface area contributed by atoms with E-state index < -0.39 is 0 Å². The van der Waals surface area contributed by atoms with Gasteiger partial charge in [0.2, 0.25) is 0 Å². The average molecular weight is 591 g/mol. The molecular formula is C42H27N2P. The van der Waals surface area contributed by atoms with Crippen LogP contribution in [0.3, 0.4) is 0 Å². The first-order valence-electron chi connectivity index (χ1n) is 15.4. The van der Waals surface area contributed by atoms with Gasteiger partial charge in [-0.05, 0) is 98.9 Å². The van der Waals surface area contributed by atoms with E-state index in [2.05, 4.69) is 167 Å². The predicted octanol–water partition coefficient (Wildman–Crippen LogP) is 11.9. The molecule has 0 aliphatic heterocycles. The number of hydrogen-bond acceptors (Lipinski definition) is 0. The third kappa shape index (κ3) is 3.64. The molecule has 0 aliphatic carbocycles. The van der Waals surface area contributed by atoms with E-state index in [0.717, 1.165) is 0 Å². The smallest absolute Gasteiger partial charge is 0.0541 e. The van der Waals surface area contributed by atoms with Crippen LogP contribution in [0.1, 0.15) is 0 Å². The van der Waals surface area contributed by atoms with E-state index in [-0.39, 0.29) is 0 Å². The molecule has 1 atom stereocenters. The van der Waals surface area contributed by atoms with Gasteiger partial charge in [0.05, 0.1) is 22.1 Å². The molecule has 3 heteroatoms. The van der Waals surface area contributed by atoms with Crippen LogP contribution < -0.4 is 0 Å². The summed E-state index contributed by atoms with van der Waals surface area (Å²) in [6.45, 7) is 0. The molecule has 2 nitrogen and oxygen atoms in total. The van der Waals surface area contributed by atoms with Crippen LogP contribution in [0, 0.1) is 0 Å². The molecule has 10 aromatic rings. The first-order valence-corrected chi connectivity index (χ1v) is 16.4. The number of aromatic nitrogens is 2. The zero-order chi connectivity index (χ0) is 29.5. The Morgan fingerprint density at radius 3 is 1.31 bits per heavy atom. The van der Waals surface area contributed by atoms with Crippen LogP contribution in [-0.2, 0) is 0 Å². The van der Waals surface area contributed by atoms with Crippen molar-refractivity contribution in [3.63, 3.8) is 0 Å². The number of fused-ring (bicyclic) bond motifs is 9. The Morgan fingerprint density at radius 1 is 0.311 bits per heavy atom. The van der Waals surface area contributed by atoms with Gasteiger partial charge >= 0.3 is 0 Å². The van der Waals surface area contributed by atoms with Crippen LogP contribution in [0.15, 0.2) is 158 Å². The van der Waals surface area contributed by atoms with Crippen LogP contribution >= 0.6 is 8.19 Å². The highest BCUT2D eigenvalue weighted by atomic mass is 31.0. The average Bonchev–Trinajstić information content (AvgIpc) is 3.75. The molecule has 0 amide bonds. The largest absolute Gasteiger partial charge is 0.309 e. The van der Waals surface area contributed by atoms with Gasteiger partial charge in [-0.15, -0.1) is 8.19 Å². The fourth-order valence-corrected chi connectivity index (χ4v) is 8.74. The number of hydrogen-bond donors (Lipinski definition) is 0. The van der Waals surface area contributed by atoms with E-state index in [4.69, 9.17) is 0 Å². The SMILES string of the molecule is c1cc(-c2ccc3[pH]c4ccc(-n5c6ccccc6c6ccccc65)cc4c3c2)cc(-n2c3ccccc3c3ccccc32)c1. The Hall–Kier alpha value is -5.56. The molecule has 3 heterocycles. The van der Waals surface area contributed by atoms with E-state index in [0.29, 0.717) is 8.19 Å². The summed E-state index contributed by atoms with van der Waals surface area (Å²) in [5, 5.41) is 10.7. The van der Waals surface area contributed by atoms with Gasteiger partial charge < -0.3 is 9.13 Å². The first-order chi connectivity index (χ1) is 22.3. The molecule has 210 valence electrons. The lowest BCUT2D eigenvalue weighted by Crippen LogP contribution is -1.94. The fraction of sp³-hybridized carbons (Fsp3) is 0. The summed E-state index contributed by atoms with van der Waals surface area (Å²) in [5.74, 6) is 0. The molecule has 0 aliphatic rings. The molecular weight excluding hydrogens is 563 g/mol. The van der Waals surface area contributed by atoms with Crippen LogP contribution in [0.25, 0.3) is 87.1 Å². The van der Waals surface area contributed by atoms with E-state index >= 15 is 0 Å². The summed E-state index contributed by atoms with van der Waals surface area (Å²) in [7, 11) is 0.673. The maximum absolute atomic E-state index is 2.42. The van der Waals surface area contributed by atoms with Crippen molar-refractivity contribution in [2.75, 3.05) is 0 Å². The lowest BCUT2D eigenvalue weighted by Gasteiger charge is -2.11. The lowest BCUT2D eigenvalue weighted by molar-refractivity contribution is 1.18. The Kier molecular flexibility index (Phi) is 5.23. The molecule has 0 N–H and O–H groups in total. The summed E-state index contributed by atoms with van der Waals surface area (Å²) in [5.41, 5.74) is 9.83. The Bertz CT molecular complexity index is 2670. The third-order valence-electron chi connectivity index (χ3n) is 9.44. The topological polar surface area (TPSA) is 9.86 Å². The third-order valence-corrected chi connectivity index (χ3v) is 10.8. The van der Waals surface area contributed by atoms with Gasteiger partial charge in [-0.3, -0.25) is 0 Å². The van der Waals surface area contributed by atoms with Crippen LogP contribution in [0.5, 0.6) is 0 Å². The lowest BCUT2D eigenvalue weighted by atomic mass is 10.0. The van der Waals surface area contributed by atoms with Crippen molar-refractivity contribution in [3.05, 3.63) is 158 Å². The van der Waals surface area contributed by atoms with Gasteiger partial charge in [0.25, 0.3) is 0 Å². The van der Waals surface area contributed by atoms with Crippen molar-refractivity contribution < 1.29 is 0 Å². The maximum Gasteiger partial charge on any atom is 0.0541 e. The standard InChI is InChI=1S/C42H27N2P/c1-5-16-37-31(12-1)32-13-2-6-17-38(32)43(37)29-11-9-10-27(24-29)28-20-22-41-35(25-28)36-26-30(21-23-42(36)45-41)44-39-18-7-3-14-33(39)34-15-4-8-19-40(34)44/h1-26,45H. The number of nitrogens with zero attached hydrogens (tertiary/aromatic N) is 2. The monoisotopic (exact) mass is 590 g/mol. The van der Waals surface area contributed by atoms with Crippen molar-refractivity contribution in [2.45, 2.75) is 0 Å². The van der Waals surface area contributed by atoms with Crippen molar-refractivity contribution in [2.24, 2.45) is 0 Å². The van der Waals surface area contributed by atoms with Gasteiger partial charge in [0, 0.05) is 32.9 Å². The van der Waals surface area contributed by atoms with Gasteiger partial charge in [0.15, 0.2) is 0 Å². The summed E-state index contributed by atoms with van der Waals surface area (Å²) in [6.07, 6.45) is 0. The minimum Gasteiger partial charge on any atom is -0.309 e. The number of benzene rings is 7. The van der Waals surface area contributed by atoms with E-state index in [9.17, 15) is 0 Å². The Balaban J connectivity index is 1.15. The first kappa shape index (κ1) is 24.8. The summed E-state index contributed by atoms with van der Waals surface area (Å²) in [6, 6.07) is 58.0. The molecule has 45 heavy (non-hydrogen) atoms. The molecule has 3 aromatic heterocycles. The van der Waals surface area contributed by atoms with E-state index in [1.807, 2.05) is 0 Å². The second-order valence-electron chi connectivity index (χ2n) is 11.9. The highest BCUT2D eigenvalue weighted by molar-refractivity contribution is 7.43. The summed E-state index contributed by atoms with van der Waals surface area (Å²) < 4.78 is 4.82. The Morgan fingerprint density at radius 2 is 0.756 bits per heavy atom. The van der Waals surface area contributed by atoms with Crippen LogP contribution in [-0.4, -0.2) is 9.13 Å². The molecule has 0 bridgehead atoms. The highest BCUT2D eigenvalue weighted by Gasteiger charge is 2.15. The zero-order valence-corrected chi connectivity index (χ0v) is 25.4. The molecule has 0 radical (unpaired) electrons. The Labute approximate surface area is 261 Å².